The molecule has 0 aliphatic carbocycles. The monoisotopic (exact) mass is 336 g/mol. The number of hydrogen-bond donors (Lipinski definition) is 1. The van der Waals surface area contributed by atoms with E-state index in [1.165, 1.54) is 16.5 Å². The molecule has 1 aromatic carbocycles. The van der Waals surface area contributed by atoms with E-state index in [-0.39, 0.29) is 12.5 Å². The number of rotatable bonds is 5. The SMILES string of the molecule is O=C(CSCCO)N1CCC[C@H](c2nc3ccccc3s2)C1. The van der Waals surface area contributed by atoms with Gasteiger partial charge < -0.3 is 10.0 Å². The first-order valence-corrected chi connectivity index (χ1v) is 9.57. The maximum Gasteiger partial charge on any atom is 0.232 e. The summed E-state index contributed by atoms with van der Waals surface area (Å²) in [4.78, 5) is 18.9. The third-order valence-corrected chi connectivity index (χ3v) is 6.02. The number of carbonyl (C=O) groups excluding carboxylic acids is 1. The molecule has 1 saturated heterocycles. The van der Waals surface area contributed by atoms with E-state index >= 15 is 0 Å². The number of thiazole rings is 1. The molecule has 22 heavy (non-hydrogen) atoms. The molecule has 1 N–H and O–H groups in total. The zero-order valence-corrected chi connectivity index (χ0v) is 14.0. The van der Waals surface area contributed by atoms with Crippen LogP contribution in [0.4, 0.5) is 0 Å². The Labute approximate surface area is 138 Å². The van der Waals surface area contributed by atoms with Crippen molar-refractivity contribution in [3.63, 3.8) is 0 Å². The molecule has 0 radical (unpaired) electrons. The number of aliphatic hydroxyl groups is 1. The summed E-state index contributed by atoms with van der Waals surface area (Å²) in [6.07, 6.45) is 2.14. The third-order valence-electron chi connectivity index (χ3n) is 3.89. The van der Waals surface area contributed by atoms with Gasteiger partial charge in [-0.15, -0.1) is 23.1 Å². The van der Waals surface area contributed by atoms with Crippen molar-refractivity contribution in [3.8, 4) is 0 Å². The van der Waals surface area contributed by atoms with E-state index in [4.69, 9.17) is 10.1 Å². The summed E-state index contributed by atoms with van der Waals surface area (Å²) in [5, 5.41) is 9.95. The predicted molar refractivity (Wildman–Crippen MR) is 92.6 cm³/mol. The third kappa shape index (κ3) is 3.62. The molecule has 0 unspecified atom stereocenters. The fraction of sp³-hybridized carbons (Fsp3) is 0.500. The number of amides is 1. The molecule has 1 fully saturated rings. The van der Waals surface area contributed by atoms with Crippen LogP contribution in [0.2, 0.25) is 0 Å². The van der Waals surface area contributed by atoms with Gasteiger partial charge in [0, 0.05) is 24.8 Å². The molecule has 1 aliphatic rings. The lowest BCUT2D eigenvalue weighted by molar-refractivity contribution is -0.129. The Hall–Kier alpha value is -1.11. The minimum atomic E-state index is 0.131. The maximum absolute atomic E-state index is 12.2. The highest BCUT2D eigenvalue weighted by Gasteiger charge is 2.26. The topological polar surface area (TPSA) is 53.4 Å². The zero-order valence-electron chi connectivity index (χ0n) is 12.4. The Morgan fingerprint density at radius 3 is 3.14 bits per heavy atom. The largest absolute Gasteiger partial charge is 0.396 e. The minimum absolute atomic E-state index is 0.131. The van der Waals surface area contributed by atoms with Crippen LogP contribution < -0.4 is 0 Å². The van der Waals surface area contributed by atoms with Crippen molar-refractivity contribution >= 4 is 39.2 Å². The molecule has 3 rings (SSSR count). The van der Waals surface area contributed by atoms with Crippen LogP contribution in [0.5, 0.6) is 0 Å². The van der Waals surface area contributed by atoms with Crippen molar-refractivity contribution in [1.29, 1.82) is 0 Å². The summed E-state index contributed by atoms with van der Waals surface area (Å²) in [6.45, 7) is 1.75. The standard InChI is InChI=1S/C16H20N2O2S2/c19-8-9-21-11-15(20)18-7-3-4-12(10-18)16-17-13-5-1-2-6-14(13)22-16/h1-2,5-6,12,19H,3-4,7-11H2/t12-/m0/s1. The van der Waals surface area contributed by atoms with E-state index in [1.54, 1.807) is 11.3 Å². The van der Waals surface area contributed by atoms with Gasteiger partial charge >= 0.3 is 0 Å². The number of nitrogens with zero attached hydrogens (tertiary/aromatic N) is 2. The van der Waals surface area contributed by atoms with Crippen LogP contribution in [-0.2, 0) is 4.79 Å². The summed E-state index contributed by atoms with van der Waals surface area (Å²) in [6, 6.07) is 8.21. The lowest BCUT2D eigenvalue weighted by Crippen LogP contribution is -2.40. The summed E-state index contributed by atoms with van der Waals surface area (Å²) >= 11 is 3.25. The number of fused-ring (bicyclic) bond motifs is 1. The highest BCUT2D eigenvalue weighted by molar-refractivity contribution is 7.99. The Morgan fingerprint density at radius 1 is 1.45 bits per heavy atom. The van der Waals surface area contributed by atoms with Gasteiger partial charge in [-0.1, -0.05) is 12.1 Å². The van der Waals surface area contributed by atoms with Gasteiger partial charge in [-0.05, 0) is 25.0 Å². The number of carbonyl (C=O) groups is 1. The second-order valence-electron chi connectivity index (χ2n) is 5.47. The van der Waals surface area contributed by atoms with Crippen molar-refractivity contribution in [2.75, 3.05) is 31.2 Å². The second-order valence-corrected chi connectivity index (χ2v) is 7.64. The first-order valence-electron chi connectivity index (χ1n) is 7.60. The smallest absolute Gasteiger partial charge is 0.232 e. The first-order chi connectivity index (χ1) is 10.8. The quantitative estimate of drug-likeness (QED) is 0.853. The molecule has 0 saturated carbocycles. The molecule has 0 bridgehead atoms. The Balaban J connectivity index is 1.66. The van der Waals surface area contributed by atoms with Crippen LogP contribution in [0.15, 0.2) is 24.3 Å². The van der Waals surface area contributed by atoms with E-state index in [0.29, 0.717) is 17.4 Å². The fourth-order valence-corrected chi connectivity index (χ4v) is 4.51. The van der Waals surface area contributed by atoms with Crippen LogP contribution >= 0.6 is 23.1 Å². The maximum atomic E-state index is 12.2. The lowest BCUT2D eigenvalue weighted by atomic mass is 9.99. The van der Waals surface area contributed by atoms with E-state index in [9.17, 15) is 4.79 Å². The second kappa shape index (κ2) is 7.44. The van der Waals surface area contributed by atoms with Crippen LogP contribution in [0, 0.1) is 0 Å². The van der Waals surface area contributed by atoms with Gasteiger partial charge in [0.05, 0.1) is 27.6 Å². The number of thioether (sulfide) groups is 1. The number of benzene rings is 1. The first kappa shape index (κ1) is 15.8. The van der Waals surface area contributed by atoms with Gasteiger partial charge in [0.2, 0.25) is 5.91 Å². The van der Waals surface area contributed by atoms with Crippen LogP contribution in [0.25, 0.3) is 10.2 Å². The molecule has 2 heterocycles. The van der Waals surface area contributed by atoms with Gasteiger partial charge in [0.25, 0.3) is 0 Å². The van der Waals surface area contributed by atoms with Crippen molar-refractivity contribution in [1.82, 2.24) is 9.88 Å². The van der Waals surface area contributed by atoms with Crippen LogP contribution in [0.1, 0.15) is 23.8 Å². The van der Waals surface area contributed by atoms with Gasteiger partial charge in [-0.2, -0.15) is 0 Å². The van der Waals surface area contributed by atoms with E-state index in [1.807, 2.05) is 23.1 Å². The van der Waals surface area contributed by atoms with Crippen molar-refractivity contribution in [2.24, 2.45) is 0 Å². The highest BCUT2D eigenvalue weighted by atomic mass is 32.2. The van der Waals surface area contributed by atoms with Crippen molar-refractivity contribution in [3.05, 3.63) is 29.3 Å². The number of aromatic nitrogens is 1. The number of hydrogen-bond acceptors (Lipinski definition) is 5. The summed E-state index contributed by atoms with van der Waals surface area (Å²) in [7, 11) is 0. The molecule has 0 spiro atoms. The molecule has 2 aromatic rings. The predicted octanol–water partition coefficient (Wildman–Crippen LogP) is 2.73. The Kier molecular flexibility index (Phi) is 5.33. The molecule has 118 valence electrons. The minimum Gasteiger partial charge on any atom is -0.396 e. The molecule has 4 nitrogen and oxygen atoms in total. The summed E-state index contributed by atoms with van der Waals surface area (Å²) < 4.78 is 1.22. The molecule has 1 atom stereocenters. The molecular formula is C16H20N2O2S2. The number of para-hydroxylation sites is 1. The number of likely N-dealkylation sites (tertiary alicyclic amines) is 1. The average Bonchev–Trinajstić information content (AvgIpc) is 2.99. The molecular weight excluding hydrogens is 316 g/mol. The average molecular weight is 336 g/mol. The van der Waals surface area contributed by atoms with Gasteiger partial charge in [-0.3, -0.25) is 4.79 Å². The van der Waals surface area contributed by atoms with Crippen molar-refractivity contribution < 1.29 is 9.90 Å². The number of aliphatic hydroxyl groups excluding tert-OH is 1. The molecule has 6 heteroatoms. The summed E-state index contributed by atoms with van der Waals surface area (Å²) in [5.41, 5.74) is 1.06. The van der Waals surface area contributed by atoms with Crippen LogP contribution in [-0.4, -0.2) is 52.1 Å². The van der Waals surface area contributed by atoms with Crippen molar-refractivity contribution in [2.45, 2.75) is 18.8 Å². The lowest BCUT2D eigenvalue weighted by Gasteiger charge is -2.31. The van der Waals surface area contributed by atoms with E-state index in [2.05, 4.69) is 6.07 Å². The molecule has 1 aliphatic heterocycles. The Bertz CT molecular complexity index is 611. The van der Waals surface area contributed by atoms with E-state index in [0.717, 1.165) is 36.5 Å². The van der Waals surface area contributed by atoms with Gasteiger partial charge in [-0.25, -0.2) is 4.98 Å². The van der Waals surface area contributed by atoms with Crippen LogP contribution in [0.3, 0.4) is 0 Å². The van der Waals surface area contributed by atoms with Gasteiger partial charge in [0.15, 0.2) is 0 Å². The molecule has 1 aromatic heterocycles. The Morgan fingerprint density at radius 2 is 2.32 bits per heavy atom. The normalized spacial score (nSPS) is 18.8. The zero-order chi connectivity index (χ0) is 15.4. The van der Waals surface area contributed by atoms with Gasteiger partial charge in [0.1, 0.15) is 0 Å². The fourth-order valence-electron chi connectivity index (χ4n) is 2.79. The molecule has 1 amide bonds. The highest BCUT2D eigenvalue weighted by Crippen LogP contribution is 2.33. The summed E-state index contributed by atoms with van der Waals surface area (Å²) in [5.74, 6) is 1.63. The number of piperidine rings is 1. The van der Waals surface area contributed by atoms with E-state index < -0.39 is 0 Å².